The molecule has 14 rings (SSSR count). The van der Waals surface area contributed by atoms with E-state index in [0.29, 0.717) is 91.3 Å². The molecule has 19 nitrogen and oxygen atoms in total. The molecule has 2 amide bonds. The predicted octanol–water partition coefficient (Wildman–Crippen LogP) is 11.2. The largest absolute Gasteiger partial charge is 0.461 e. The van der Waals surface area contributed by atoms with Crippen molar-refractivity contribution >= 4 is 79.6 Å². The van der Waals surface area contributed by atoms with Crippen LogP contribution in [0.3, 0.4) is 0 Å². The van der Waals surface area contributed by atoms with Gasteiger partial charge in [-0.15, -0.1) is 0 Å². The minimum Gasteiger partial charge on any atom is -0.461 e. The molecule has 6 fully saturated rings. The highest BCUT2D eigenvalue weighted by atomic mass is 35.5. The fraction of sp³-hybridized carbons (Fsp3) is 0.493. The molecular formula is C71H75Cl2F5N14O5. The van der Waals surface area contributed by atoms with Crippen molar-refractivity contribution in [1.29, 1.82) is 10.5 Å². The van der Waals surface area contributed by atoms with Crippen molar-refractivity contribution in [2.24, 2.45) is 0 Å². The summed E-state index contributed by atoms with van der Waals surface area (Å²) in [6.45, 7) is 10.3. The van der Waals surface area contributed by atoms with Crippen molar-refractivity contribution in [2.45, 2.75) is 131 Å². The van der Waals surface area contributed by atoms with Gasteiger partial charge in [-0.05, 0) is 111 Å². The summed E-state index contributed by atoms with van der Waals surface area (Å²) in [5.74, 6) is -3.88. The summed E-state index contributed by atoms with van der Waals surface area (Å²) in [7, 11) is 1.67. The molecular weight excluding hydrogens is 1290 g/mol. The normalized spacial score (nSPS) is 24.9. The van der Waals surface area contributed by atoms with Gasteiger partial charge in [-0.25, -0.2) is 22.0 Å². The highest BCUT2D eigenvalue weighted by Gasteiger charge is 2.55. The van der Waals surface area contributed by atoms with Crippen molar-refractivity contribution in [1.82, 2.24) is 39.5 Å². The van der Waals surface area contributed by atoms with Gasteiger partial charge >= 0.3 is 12.0 Å². The van der Waals surface area contributed by atoms with E-state index < -0.39 is 59.4 Å². The average Bonchev–Trinajstić information content (AvgIpc) is 1.64. The molecule has 97 heavy (non-hydrogen) atoms. The second-order valence-electron chi connectivity index (χ2n) is 27.1. The summed E-state index contributed by atoms with van der Waals surface area (Å²) in [5, 5.41) is 22.5. The van der Waals surface area contributed by atoms with E-state index in [4.69, 9.17) is 57.3 Å². The number of rotatable bonds is 18. The van der Waals surface area contributed by atoms with Crippen LogP contribution in [-0.4, -0.2) is 179 Å². The molecule has 0 bridgehead atoms. The molecule has 6 saturated heterocycles. The van der Waals surface area contributed by atoms with Gasteiger partial charge in [-0.2, -0.15) is 30.5 Å². The number of hydrogen-bond acceptors (Lipinski definition) is 17. The Morgan fingerprint density at radius 1 is 0.649 bits per heavy atom. The molecule has 5 unspecified atom stereocenters. The smallest absolute Gasteiger partial charge is 0.318 e. The van der Waals surface area contributed by atoms with Crippen molar-refractivity contribution in [3.8, 4) is 24.2 Å². The first-order chi connectivity index (χ1) is 46.9. The lowest BCUT2D eigenvalue weighted by atomic mass is 9.93. The van der Waals surface area contributed by atoms with Crippen molar-refractivity contribution in [2.75, 3.05) is 112 Å². The van der Waals surface area contributed by atoms with E-state index in [1.165, 1.54) is 15.9 Å². The Kier molecular flexibility index (Phi) is 18.4. The van der Waals surface area contributed by atoms with Crippen molar-refractivity contribution < 1.29 is 45.8 Å². The maximum atomic E-state index is 17.2. The number of methoxy groups -OCH3 is 1. The maximum absolute atomic E-state index is 17.2. The molecule has 0 spiro atoms. The van der Waals surface area contributed by atoms with Gasteiger partial charge in [0.1, 0.15) is 43.2 Å². The number of anilines is 4. The Hall–Kier alpha value is -8.13. The van der Waals surface area contributed by atoms with E-state index in [2.05, 4.69) is 44.9 Å². The number of alkyl halides is 1. The minimum atomic E-state index is -1.11. The molecule has 8 aliphatic heterocycles. The molecule has 508 valence electrons. The van der Waals surface area contributed by atoms with Crippen LogP contribution in [0.2, 0.25) is 10.0 Å². The Labute approximate surface area is 569 Å². The van der Waals surface area contributed by atoms with Crippen molar-refractivity contribution in [3.63, 3.8) is 0 Å². The Bertz CT molecular complexity index is 4240. The molecule has 0 N–H and O–H groups in total. The molecule has 0 radical (unpaired) electrons. The summed E-state index contributed by atoms with van der Waals surface area (Å²) >= 11 is 13.9. The molecule has 0 aliphatic carbocycles. The molecule has 10 heterocycles. The number of fused-ring (bicyclic) bond motifs is 6. The average molecular weight is 1370 g/mol. The molecule has 8 aliphatic rings. The summed E-state index contributed by atoms with van der Waals surface area (Å²) in [6.07, 6.45) is 6.85. The number of benzene rings is 4. The lowest BCUT2D eigenvalue weighted by Gasteiger charge is -2.42. The third kappa shape index (κ3) is 11.9. The van der Waals surface area contributed by atoms with E-state index >= 15 is 8.78 Å². The van der Waals surface area contributed by atoms with Gasteiger partial charge in [-0.3, -0.25) is 19.4 Å². The summed E-state index contributed by atoms with van der Waals surface area (Å²) in [5.41, 5.74) is 4.25. The molecule has 26 heteroatoms. The highest BCUT2D eigenvalue weighted by molar-refractivity contribution is 6.37. The van der Waals surface area contributed by atoms with Gasteiger partial charge in [0.2, 0.25) is 0 Å². The molecule has 6 aromatic rings. The van der Waals surface area contributed by atoms with Gasteiger partial charge in [-0.1, -0.05) is 66.7 Å². The lowest BCUT2D eigenvalue weighted by molar-refractivity contribution is -0.132. The number of hydrogen-bond donors (Lipinski definition) is 0. The molecule has 2 aromatic heterocycles. The van der Waals surface area contributed by atoms with Crippen LogP contribution in [0.1, 0.15) is 98.3 Å². The number of carbonyl (C=O) groups is 2. The zero-order valence-corrected chi connectivity index (χ0v) is 55.5. The fourth-order valence-electron chi connectivity index (χ4n) is 17.4. The number of nitriles is 2. The summed E-state index contributed by atoms with van der Waals surface area (Å²) in [6, 6.07) is 18.9. The zero-order valence-electron chi connectivity index (χ0n) is 54.0. The molecule has 4 aromatic carbocycles. The number of halogens is 7. The quantitative estimate of drug-likeness (QED) is 0.0583. The summed E-state index contributed by atoms with van der Waals surface area (Å²) < 4.78 is 95.0. The Balaban J connectivity index is 0.781. The number of nitrogens with zero attached hydrogens (tertiary/aromatic N) is 14. The highest BCUT2D eigenvalue weighted by Crippen LogP contribution is 2.54. The first-order valence-corrected chi connectivity index (χ1v) is 34.2. The second kappa shape index (κ2) is 26.9. The molecule has 0 saturated carbocycles. The van der Waals surface area contributed by atoms with Gasteiger partial charge in [0.25, 0.3) is 11.8 Å². The SMILES string of the molecule is C=C(F)C(=O)N1CCN(c2nc(OCC34CCC(COC)N3C(c3cc(F)c(Cl)c5c(N6CCc7c(nc(OCC89CCCN8C(CF)CC9)nc7N7CCN(C(=O)C(=C)F)[C@@H](CC#N)C7)C6)cccc35)CC4)nc3c2CCN(c2cccc4ccc(F)c(Cl)c24)C3)C[C@@H]1CC#N. The fourth-order valence-corrected chi connectivity index (χ4v) is 17.9. The number of amides is 2. The van der Waals surface area contributed by atoms with Gasteiger partial charge < -0.3 is 43.6 Å². The van der Waals surface area contributed by atoms with Crippen molar-refractivity contribution in [3.05, 3.63) is 129 Å². The first kappa shape index (κ1) is 66.1. The number of ether oxygens (including phenoxy) is 3. The van der Waals surface area contributed by atoms with Crippen LogP contribution in [0.15, 0.2) is 79.4 Å². The topological polar surface area (TPSA) is 187 Å². The van der Waals surface area contributed by atoms with Crippen LogP contribution < -0.4 is 29.1 Å². The van der Waals surface area contributed by atoms with E-state index in [1.807, 2.05) is 46.2 Å². The van der Waals surface area contributed by atoms with Gasteiger partial charge in [0.15, 0.2) is 11.7 Å². The first-order valence-electron chi connectivity index (χ1n) is 33.4. The standard InChI is InChI=1S/C71H75Cl2F5N14O5/c1-42(75)66(93)89-31-29-87(35-46(89)16-24-79)64-51-19-28-86(38-56(51)81-68(83-64)96-40-70-20-6-26-91(70)45(34-74)13-21-70)59-10-5-8-49-52(33-54(78)63(73)61(49)59)57-15-23-71(22-14-48(39-95-3)92(57)71)41-97-69-82-55-37-85(58-9-4-7-44-11-12-53(77)62(72)60(44)58)27-18-50(55)65(84-69)88-30-32-90(67(94)43(2)76)47(36-88)17-25-80/h4-5,7-12,33,45-48,57H,1-2,6,13-23,26-32,34-41H2,3H3/t45?,46-,47-,48?,57?,70?,71?/m0/s1. The number of aromatic nitrogens is 4. The third-order valence-electron chi connectivity index (χ3n) is 21.9. The Morgan fingerprint density at radius 2 is 1.21 bits per heavy atom. The van der Waals surface area contributed by atoms with Crippen LogP contribution in [0.25, 0.3) is 21.5 Å². The van der Waals surface area contributed by atoms with Crippen LogP contribution >= 0.6 is 23.2 Å². The second-order valence-corrected chi connectivity index (χ2v) is 27.8. The monoisotopic (exact) mass is 1370 g/mol. The Morgan fingerprint density at radius 3 is 1.79 bits per heavy atom. The van der Waals surface area contributed by atoms with Gasteiger partial charge in [0.05, 0.1) is 89.3 Å². The minimum absolute atomic E-state index is 0.0157. The van der Waals surface area contributed by atoms with Crippen LogP contribution in [0, 0.1) is 34.3 Å². The van der Waals surface area contributed by atoms with E-state index in [0.717, 1.165) is 71.8 Å². The summed E-state index contributed by atoms with van der Waals surface area (Å²) in [4.78, 5) is 62.3. The number of carbonyl (C=O) groups excluding carboxylic acids is 2. The predicted molar refractivity (Wildman–Crippen MR) is 358 cm³/mol. The van der Waals surface area contributed by atoms with E-state index in [9.17, 15) is 33.3 Å². The van der Waals surface area contributed by atoms with E-state index in [-0.39, 0.29) is 124 Å². The zero-order chi connectivity index (χ0) is 67.6. The lowest BCUT2D eigenvalue weighted by Crippen LogP contribution is -2.55. The van der Waals surface area contributed by atoms with Crippen LogP contribution in [-0.2, 0) is 40.3 Å². The maximum Gasteiger partial charge on any atom is 0.318 e. The van der Waals surface area contributed by atoms with Crippen LogP contribution in [0.4, 0.5) is 45.0 Å². The molecule has 7 atom stereocenters. The third-order valence-corrected chi connectivity index (χ3v) is 22.6. The van der Waals surface area contributed by atoms with E-state index in [1.54, 1.807) is 19.2 Å². The van der Waals surface area contributed by atoms with Gasteiger partial charge in [0, 0.05) is 111 Å². The van der Waals surface area contributed by atoms with Crippen LogP contribution in [0.5, 0.6) is 12.0 Å². The number of piperazine rings is 2.